The number of aryl methyl sites for hydroxylation is 1. The van der Waals surface area contributed by atoms with E-state index < -0.39 is 17.7 Å². The molecule has 2 bridgehead atoms. The highest BCUT2D eigenvalue weighted by atomic mass is 16.5. The highest BCUT2D eigenvalue weighted by Crippen LogP contribution is 2.39. The Kier molecular flexibility index (Phi) is 11.6. The zero-order valence-corrected chi connectivity index (χ0v) is 29.8. The summed E-state index contributed by atoms with van der Waals surface area (Å²) in [4.78, 5) is 44.7. The van der Waals surface area contributed by atoms with Gasteiger partial charge in [0.05, 0.1) is 55.8 Å². The molecule has 2 aliphatic heterocycles. The van der Waals surface area contributed by atoms with E-state index in [1.165, 1.54) is 38.4 Å². The van der Waals surface area contributed by atoms with E-state index in [1.807, 2.05) is 41.3 Å². The van der Waals surface area contributed by atoms with Crippen molar-refractivity contribution in [3.8, 4) is 40.2 Å². The number of ether oxygens (including phenoxy) is 7. The van der Waals surface area contributed by atoms with Crippen LogP contribution in [0.2, 0.25) is 0 Å². The number of carbonyl (C=O) groups is 3. The van der Waals surface area contributed by atoms with Crippen molar-refractivity contribution in [2.45, 2.75) is 44.2 Å². The average molecular weight is 691 g/mol. The molecular formula is C38H46N2O10. The molecule has 0 aromatic heterocycles. The van der Waals surface area contributed by atoms with Gasteiger partial charge in [0, 0.05) is 18.7 Å². The third-order valence-corrected chi connectivity index (χ3v) is 9.63. The molecule has 2 saturated heterocycles. The van der Waals surface area contributed by atoms with E-state index in [0.717, 1.165) is 24.0 Å². The van der Waals surface area contributed by atoms with Gasteiger partial charge in [-0.05, 0) is 85.5 Å². The van der Waals surface area contributed by atoms with Gasteiger partial charge in [-0.3, -0.25) is 14.4 Å². The first kappa shape index (κ1) is 36.2. The molecule has 50 heavy (non-hydrogen) atoms. The van der Waals surface area contributed by atoms with Crippen LogP contribution in [0.25, 0.3) is 0 Å². The first-order chi connectivity index (χ1) is 24.2. The maximum absolute atomic E-state index is 14.0. The molecule has 0 aliphatic carbocycles. The van der Waals surface area contributed by atoms with E-state index in [9.17, 15) is 14.4 Å². The lowest BCUT2D eigenvalue weighted by Gasteiger charge is -2.41. The molecule has 268 valence electrons. The molecule has 0 spiro atoms. The number of hydrogen-bond acceptors (Lipinski definition) is 10. The van der Waals surface area contributed by atoms with E-state index in [2.05, 4.69) is 0 Å². The molecule has 2 fully saturated rings. The monoisotopic (exact) mass is 690 g/mol. The topological polar surface area (TPSA) is 122 Å². The zero-order chi connectivity index (χ0) is 35.9. The number of likely N-dealkylation sites (tertiary alicyclic amines) is 1. The Morgan fingerprint density at radius 3 is 1.82 bits per heavy atom. The van der Waals surface area contributed by atoms with E-state index in [1.54, 1.807) is 28.4 Å². The summed E-state index contributed by atoms with van der Waals surface area (Å²) in [7, 11) is 10.8. The molecule has 0 N–H and O–H groups in total. The molecule has 12 heteroatoms. The summed E-state index contributed by atoms with van der Waals surface area (Å²) in [5.74, 6) is 1.94. The smallest absolute Gasteiger partial charge is 0.295 e. The van der Waals surface area contributed by atoms with E-state index in [4.69, 9.17) is 33.2 Å². The lowest BCUT2D eigenvalue weighted by molar-refractivity contribution is -0.149. The summed E-state index contributed by atoms with van der Waals surface area (Å²) in [5, 5.41) is 0. The van der Waals surface area contributed by atoms with Crippen LogP contribution in [0.3, 0.4) is 0 Å². The van der Waals surface area contributed by atoms with Gasteiger partial charge in [0.2, 0.25) is 11.7 Å². The van der Waals surface area contributed by atoms with Crippen LogP contribution in [0.4, 0.5) is 0 Å². The summed E-state index contributed by atoms with van der Waals surface area (Å²) in [6.45, 7) is 0.846. The molecule has 0 radical (unpaired) electrons. The standard InChI is InChI=1S/C38H46N2O10/c1-44-29-14-10-23(17-31(29)46-3)8-9-25(16-24-11-15-30(45-2)32(18-24)47-4)21-39-22-27-12-13-28(37(39)42)40(27)38(43)35(41)26-19-33(48-5)36(50-7)34(20-26)49-6/h10-11,14-15,17-20,25,27-28H,8-9,12-13,16,21-22H2,1-7H3/t25?,27-,28+/m1/s1. The number of Topliss-reactive ketones (excluding diaryl/α,β-unsaturated/α-hetero) is 1. The van der Waals surface area contributed by atoms with Crippen molar-refractivity contribution in [3.05, 3.63) is 65.2 Å². The maximum atomic E-state index is 14.0. The van der Waals surface area contributed by atoms with Crippen LogP contribution in [0.5, 0.6) is 40.2 Å². The number of methoxy groups -OCH3 is 7. The minimum absolute atomic E-state index is 0.0765. The van der Waals surface area contributed by atoms with Crippen LogP contribution in [0.15, 0.2) is 48.5 Å². The Bertz CT molecular complexity index is 1680. The van der Waals surface area contributed by atoms with Crippen LogP contribution in [0, 0.1) is 5.92 Å². The number of carbonyl (C=O) groups excluding carboxylic acids is 3. The van der Waals surface area contributed by atoms with Crippen LogP contribution in [-0.2, 0) is 22.4 Å². The van der Waals surface area contributed by atoms with Crippen molar-refractivity contribution in [1.29, 1.82) is 0 Å². The fourth-order valence-electron chi connectivity index (χ4n) is 7.10. The van der Waals surface area contributed by atoms with Gasteiger partial charge in [0.1, 0.15) is 6.04 Å². The molecule has 12 nitrogen and oxygen atoms in total. The second-order valence-corrected chi connectivity index (χ2v) is 12.4. The molecule has 0 saturated carbocycles. The van der Waals surface area contributed by atoms with Gasteiger partial charge >= 0.3 is 0 Å². The molecule has 1 unspecified atom stereocenters. The first-order valence-corrected chi connectivity index (χ1v) is 16.6. The van der Waals surface area contributed by atoms with E-state index in [-0.39, 0.29) is 34.9 Å². The summed E-state index contributed by atoms with van der Waals surface area (Å²) in [6, 6.07) is 13.7. The average Bonchev–Trinajstić information content (AvgIpc) is 3.50. The summed E-state index contributed by atoms with van der Waals surface area (Å²) >= 11 is 0. The third-order valence-electron chi connectivity index (χ3n) is 9.63. The van der Waals surface area contributed by atoms with Gasteiger partial charge in [-0.25, -0.2) is 0 Å². The quantitative estimate of drug-likeness (QED) is 0.155. The Balaban J connectivity index is 1.35. The van der Waals surface area contributed by atoms with Gasteiger partial charge in [-0.2, -0.15) is 0 Å². The van der Waals surface area contributed by atoms with Gasteiger partial charge in [-0.15, -0.1) is 0 Å². The lowest BCUT2D eigenvalue weighted by atomic mass is 9.91. The number of nitrogens with zero attached hydrogens (tertiary/aromatic N) is 2. The minimum Gasteiger partial charge on any atom is -0.493 e. The lowest BCUT2D eigenvalue weighted by Crippen LogP contribution is -2.60. The predicted octanol–water partition coefficient (Wildman–Crippen LogP) is 4.62. The highest BCUT2D eigenvalue weighted by Gasteiger charge is 2.49. The second-order valence-electron chi connectivity index (χ2n) is 12.4. The molecular weight excluding hydrogens is 644 g/mol. The number of hydrogen-bond donors (Lipinski definition) is 0. The zero-order valence-electron chi connectivity index (χ0n) is 29.8. The van der Waals surface area contributed by atoms with E-state index >= 15 is 0 Å². The number of amides is 2. The van der Waals surface area contributed by atoms with Crippen molar-refractivity contribution in [2.24, 2.45) is 5.92 Å². The van der Waals surface area contributed by atoms with Crippen LogP contribution < -0.4 is 33.2 Å². The fraction of sp³-hybridized carbons (Fsp3) is 0.447. The maximum Gasteiger partial charge on any atom is 0.295 e. The van der Waals surface area contributed by atoms with E-state index in [0.29, 0.717) is 61.1 Å². The first-order valence-electron chi connectivity index (χ1n) is 16.6. The summed E-state index contributed by atoms with van der Waals surface area (Å²) in [5.41, 5.74) is 2.25. The van der Waals surface area contributed by atoms with Crippen molar-refractivity contribution in [2.75, 3.05) is 62.9 Å². The fourth-order valence-corrected chi connectivity index (χ4v) is 7.10. The minimum atomic E-state index is -0.733. The van der Waals surface area contributed by atoms with Crippen molar-refractivity contribution in [1.82, 2.24) is 9.80 Å². The number of fused-ring (bicyclic) bond motifs is 2. The predicted molar refractivity (Wildman–Crippen MR) is 185 cm³/mol. The van der Waals surface area contributed by atoms with Crippen molar-refractivity contribution >= 4 is 17.6 Å². The van der Waals surface area contributed by atoms with Crippen molar-refractivity contribution in [3.63, 3.8) is 0 Å². The molecule has 3 aromatic carbocycles. The summed E-state index contributed by atoms with van der Waals surface area (Å²) in [6.07, 6.45) is 3.36. The molecule has 3 atom stereocenters. The number of benzene rings is 3. The largest absolute Gasteiger partial charge is 0.493 e. The van der Waals surface area contributed by atoms with Gasteiger partial charge in [-0.1, -0.05) is 12.1 Å². The molecule has 2 heterocycles. The number of piperazine rings is 1. The number of rotatable bonds is 16. The van der Waals surface area contributed by atoms with Gasteiger partial charge in [0.25, 0.3) is 11.7 Å². The molecule has 2 amide bonds. The third kappa shape index (κ3) is 7.39. The Labute approximate surface area is 293 Å². The van der Waals surface area contributed by atoms with Gasteiger partial charge < -0.3 is 43.0 Å². The Morgan fingerprint density at radius 2 is 1.26 bits per heavy atom. The van der Waals surface area contributed by atoms with Crippen LogP contribution >= 0.6 is 0 Å². The molecule has 2 aliphatic rings. The van der Waals surface area contributed by atoms with Crippen LogP contribution in [0.1, 0.15) is 40.7 Å². The Hall–Kier alpha value is -5.13. The Morgan fingerprint density at radius 1 is 0.700 bits per heavy atom. The highest BCUT2D eigenvalue weighted by molar-refractivity contribution is 6.43. The van der Waals surface area contributed by atoms with Gasteiger partial charge in [0.15, 0.2) is 34.5 Å². The second kappa shape index (κ2) is 16.1. The number of ketones is 1. The van der Waals surface area contributed by atoms with Crippen molar-refractivity contribution < 1.29 is 47.5 Å². The normalized spacial score (nSPS) is 17.2. The summed E-state index contributed by atoms with van der Waals surface area (Å²) < 4.78 is 38.1. The SMILES string of the molecule is COc1ccc(CCC(Cc2ccc(OC)c(OC)c2)CN2C[C@H]3CC[C@@H](C2=O)N3C(=O)C(=O)c2cc(OC)c(OC)c(OC)c2)cc1OC. The molecule has 3 aromatic rings. The molecule has 5 rings (SSSR count). The van der Waals surface area contributed by atoms with Crippen LogP contribution in [-0.4, -0.2) is 102 Å².